The number of benzene rings is 1. The Morgan fingerprint density at radius 3 is 2.33 bits per heavy atom. The molecule has 0 unspecified atom stereocenters. The predicted octanol–water partition coefficient (Wildman–Crippen LogP) is 3.74. The summed E-state index contributed by atoms with van der Waals surface area (Å²) in [5.74, 6) is 1.12. The summed E-state index contributed by atoms with van der Waals surface area (Å²) in [7, 11) is 0. The lowest BCUT2D eigenvalue weighted by atomic mass is 10.2. The molecule has 15 heavy (non-hydrogen) atoms. The number of phenols is 1. The second-order valence-corrected chi connectivity index (χ2v) is 3.76. The number of unbranched alkanes of at least 4 members (excludes halogenated alkanes) is 4. The zero-order chi connectivity index (χ0) is 10.9. The standard InChI is InChI=1S/C13H20O2/c1-2-3-4-5-6-11-15-13-9-7-12(14)8-10-13/h7-10,14H,2-6,11H2,1H3. The number of aromatic hydroxyl groups is 1. The van der Waals surface area contributed by atoms with Crippen molar-refractivity contribution in [3.8, 4) is 11.5 Å². The average Bonchev–Trinajstić information content (AvgIpc) is 2.26. The summed E-state index contributed by atoms with van der Waals surface area (Å²) in [5.41, 5.74) is 0. The first kappa shape index (κ1) is 11.9. The second kappa shape index (κ2) is 7.16. The Morgan fingerprint density at radius 2 is 1.67 bits per heavy atom. The third kappa shape index (κ3) is 5.31. The van der Waals surface area contributed by atoms with E-state index in [1.54, 1.807) is 24.3 Å². The fourth-order valence-electron chi connectivity index (χ4n) is 1.44. The van der Waals surface area contributed by atoms with Crippen LogP contribution in [0.1, 0.15) is 39.0 Å². The molecule has 0 aromatic heterocycles. The maximum atomic E-state index is 9.07. The zero-order valence-electron chi connectivity index (χ0n) is 9.41. The van der Waals surface area contributed by atoms with Crippen LogP contribution in [0.5, 0.6) is 11.5 Å². The summed E-state index contributed by atoms with van der Waals surface area (Å²) in [6, 6.07) is 6.88. The van der Waals surface area contributed by atoms with Crippen molar-refractivity contribution in [3.63, 3.8) is 0 Å². The molecule has 0 aliphatic rings. The van der Waals surface area contributed by atoms with Crippen LogP contribution in [0.2, 0.25) is 0 Å². The van der Waals surface area contributed by atoms with E-state index in [0.29, 0.717) is 0 Å². The first-order valence-electron chi connectivity index (χ1n) is 5.74. The number of hydrogen-bond donors (Lipinski definition) is 1. The van der Waals surface area contributed by atoms with Gasteiger partial charge in [-0.25, -0.2) is 0 Å². The van der Waals surface area contributed by atoms with Gasteiger partial charge in [0.1, 0.15) is 11.5 Å². The molecule has 2 nitrogen and oxygen atoms in total. The van der Waals surface area contributed by atoms with Gasteiger partial charge in [-0.15, -0.1) is 0 Å². The van der Waals surface area contributed by atoms with Gasteiger partial charge in [-0.3, -0.25) is 0 Å². The van der Waals surface area contributed by atoms with Crippen LogP contribution in [0.15, 0.2) is 24.3 Å². The fraction of sp³-hybridized carbons (Fsp3) is 0.538. The Kier molecular flexibility index (Phi) is 5.67. The number of phenolic OH excluding ortho intramolecular Hbond substituents is 1. The highest BCUT2D eigenvalue weighted by Gasteiger charge is 1.94. The van der Waals surface area contributed by atoms with Crippen LogP contribution in [-0.2, 0) is 0 Å². The van der Waals surface area contributed by atoms with E-state index >= 15 is 0 Å². The molecular formula is C13H20O2. The van der Waals surface area contributed by atoms with E-state index < -0.39 is 0 Å². The predicted molar refractivity (Wildman–Crippen MR) is 62.4 cm³/mol. The summed E-state index contributed by atoms with van der Waals surface area (Å²) in [4.78, 5) is 0. The number of rotatable bonds is 7. The van der Waals surface area contributed by atoms with E-state index in [1.807, 2.05) is 0 Å². The van der Waals surface area contributed by atoms with Crippen LogP contribution in [-0.4, -0.2) is 11.7 Å². The number of hydrogen-bond acceptors (Lipinski definition) is 2. The minimum atomic E-state index is 0.283. The average molecular weight is 208 g/mol. The third-order valence-corrected chi connectivity index (χ3v) is 2.35. The molecule has 1 aromatic rings. The molecule has 0 bridgehead atoms. The molecule has 1 N–H and O–H groups in total. The SMILES string of the molecule is CCCCCCCOc1ccc(O)cc1. The Bertz CT molecular complexity index is 254. The van der Waals surface area contributed by atoms with E-state index in [4.69, 9.17) is 9.84 Å². The van der Waals surface area contributed by atoms with Crippen molar-refractivity contribution >= 4 is 0 Å². The van der Waals surface area contributed by atoms with Crippen LogP contribution in [0.25, 0.3) is 0 Å². The molecule has 0 heterocycles. The van der Waals surface area contributed by atoms with Gasteiger partial charge in [-0.2, -0.15) is 0 Å². The first-order chi connectivity index (χ1) is 7.33. The van der Waals surface area contributed by atoms with Crippen molar-refractivity contribution in [1.29, 1.82) is 0 Å². The lowest BCUT2D eigenvalue weighted by Gasteiger charge is -2.05. The third-order valence-electron chi connectivity index (χ3n) is 2.35. The van der Waals surface area contributed by atoms with E-state index in [-0.39, 0.29) is 5.75 Å². The molecule has 0 atom stereocenters. The molecule has 0 aliphatic heterocycles. The molecule has 0 saturated carbocycles. The topological polar surface area (TPSA) is 29.5 Å². The van der Waals surface area contributed by atoms with Crippen LogP contribution in [0, 0.1) is 0 Å². The largest absolute Gasteiger partial charge is 0.508 e. The Labute approximate surface area is 91.9 Å². The maximum Gasteiger partial charge on any atom is 0.119 e. The van der Waals surface area contributed by atoms with Gasteiger partial charge in [0.15, 0.2) is 0 Å². The van der Waals surface area contributed by atoms with Gasteiger partial charge >= 0.3 is 0 Å². The lowest BCUT2D eigenvalue weighted by molar-refractivity contribution is 0.304. The van der Waals surface area contributed by atoms with Gasteiger partial charge in [-0.1, -0.05) is 32.6 Å². The van der Waals surface area contributed by atoms with E-state index in [0.717, 1.165) is 18.8 Å². The summed E-state index contributed by atoms with van der Waals surface area (Å²) in [6.07, 6.45) is 6.25. The van der Waals surface area contributed by atoms with Gasteiger partial charge in [0, 0.05) is 0 Å². The molecule has 0 saturated heterocycles. The van der Waals surface area contributed by atoms with Gasteiger partial charge in [0.25, 0.3) is 0 Å². The molecule has 0 spiro atoms. The highest BCUT2D eigenvalue weighted by molar-refractivity contribution is 5.29. The van der Waals surface area contributed by atoms with Crippen molar-refractivity contribution in [1.82, 2.24) is 0 Å². The van der Waals surface area contributed by atoms with Crippen molar-refractivity contribution in [2.24, 2.45) is 0 Å². The molecule has 0 fully saturated rings. The lowest BCUT2D eigenvalue weighted by Crippen LogP contribution is -1.96. The highest BCUT2D eigenvalue weighted by atomic mass is 16.5. The van der Waals surface area contributed by atoms with Crippen LogP contribution >= 0.6 is 0 Å². The van der Waals surface area contributed by atoms with Gasteiger partial charge in [-0.05, 0) is 30.7 Å². The molecule has 84 valence electrons. The monoisotopic (exact) mass is 208 g/mol. The molecule has 1 aromatic carbocycles. The molecule has 1 rings (SSSR count). The van der Waals surface area contributed by atoms with Crippen LogP contribution in [0.3, 0.4) is 0 Å². The minimum absolute atomic E-state index is 0.283. The fourth-order valence-corrected chi connectivity index (χ4v) is 1.44. The second-order valence-electron chi connectivity index (χ2n) is 3.76. The van der Waals surface area contributed by atoms with E-state index in [2.05, 4.69) is 6.92 Å². The normalized spacial score (nSPS) is 10.2. The van der Waals surface area contributed by atoms with Gasteiger partial charge in [0.05, 0.1) is 6.61 Å². The Morgan fingerprint density at radius 1 is 1.00 bits per heavy atom. The molecule has 2 heteroatoms. The van der Waals surface area contributed by atoms with Crippen LogP contribution in [0.4, 0.5) is 0 Å². The van der Waals surface area contributed by atoms with E-state index in [9.17, 15) is 0 Å². The summed E-state index contributed by atoms with van der Waals surface area (Å²) in [5, 5.41) is 9.07. The molecular weight excluding hydrogens is 188 g/mol. The maximum absolute atomic E-state index is 9.07. The molecule has 0 aliphatic carbocycles. The Hall–Kier alpha value is -1.18. The minimum Gasteiger partial charge on any atom is -0.508 e. The van der Waals surface area contributed by atoms with Crippen molar-refractivity contribution in [2.75, 3.05) is 6.61 Å². The zero-order valence-corrected chi connectivity index (χ0v) is 9.41. The molecule has 0 radical (unpaired) electrons. The summed E-state index contributed by atoms with van der Waals surface area (Å²) >= 11 is 0. The highest BCUT2D eigenvalue weighted by Crippen LogP contribution is 2.16. The molecule has 0 amide bonds. The van der Waals surface area contributed by atoms with Crippen molar-refractivity contribution in [2.45, 2.75) is 39.0 Å². The summed E-state index contributed by atoms with van der Waals surface area (Å²) in [6.45, 7) is 2.99. The van der Waals surface area contributed by atoms with Gasteiger partial charge < -0.3 is 9.84 Å². The summed E-state index contributed by atoms with van der Waals surface area (Å²) < 4.78 is 5.53. The Balaban J connectivity index is 2.07. The van der Waals surface area contributed by atoms with Crippen molar-refractivity contribution in [3.05, 3.63) is 24.3 Å². The smallest absolute Gasteiger partial charge is 0.119 e. The van der Waals surface area contributed by atoms with E-state index in [1.165, 1.54) is 25.7 Å². The number of ether oxygens (including phenoxy) is 1. The van der Waals surface area contributed by atoms with Crippen LogP contribution < -0.4 is 4.74 Å². The quantitative estimate of drug-likeness (QED) is 0.692. The first-order valence-corrected chi connectivity index (χ1v) is 5.74. The van der Waals surface area contributed by atoms with Gasteiger partial charge in [0.2, 0.25) is 0 Å². The van der Waals surface area contributed by atoms with Crippen molar-refractivity contribution < 1.29 is 9.84 Å².